The molecule has 6 heteroatoms. The topological polar surface area (TPSA) is 69.1 Å². The van der Waals surface area contributed by atoms with Crippen molar-refractivity contribution < 1.29 is 0 Å². The minimum Gasteiger partial charge on any atom is -0.368 e. The van der Waals surface area contributed by atoms with Gasteiger partial charge in [0, 0.05) is 4.47 Å². The van der Waals surface area contributed by atoms with Gasteiger partial charge in [-0.2, -0.15) is 9.97 Å². The summed E-state index contributed by atoms with van der Waals surface area (Å²) in [6, 6.07) is 15.9. The molecule has 23 heavy (non-hydrogen) atoms. The SMILES string of the molecule is Nc1nc(/C=C/c2ccc(Br)cc2)n2c(n1)nc1ccccc12. The Labute approximate surface area is 140 Å². The van der Waals surface area contributed by atoms with E-state index in [0.717, 1.165) is 21.1 Å². The number of halogens is 1. The van der Waals surface area contributed by atoms with E-state index in [-0.39, 0.29) is 5.95 Å². The van der Waals surface area contributed by atoms with Gasteiger partial charge < -0.3 is 5.73 Å². The van der Waals surface area contributed by atoms with Gasteiger partial charge >= 0.3 is 0 Å². The fourth-order valence-electron chi connectivity index (χ4n) is 2.47. The highest BCUT2D eigenvalue weighted by atomic mass is 79.9. The molecule has 0 fully saturated rings. The largest absolute Gasteiger partial charge is 0.368 e. The van der Waals surface area contributed by atoms with Crippen LogP contribution in [0.3, 0.4) is 0 Å². The van der Waals surface area contributed by atoms with E-state index in [9.17, 15) is 0 Å². The highest BCUT2D eigenvalue weighted by Gasteiger charge is 2.09. The Kier molecular flexibility index (Phi) is 3.31. The summed E-state index contributed by atoms with van der Waals surface area (Å²) in [6.45, 7) is 0. The number of para-hydroxylation sites is 2. The molecule has 2 aromatic heterocycles. The van der Waals surface area contributed by atoms with Gasteiger partial charge in [0.15, 0.2) is 0 Å². The zero-order valence-corrected chi connectivity index (χ0v) is 13.6. The molecule has 0 bridgehead atoms. The second kappa shape index (κ2) is 5.48. The van der Waals surface area contributed by atoms with Gasteiger partial charge in [0.05, 0.1) is 11.0 Å². The smallest absolute Gasteiger partial charge is 0.239 e. The third kappa shape index (κ3) is 2.57. The Hall–Kier alpha value is -2.73. The Morgan fingerprint density at radius 2 is 1.70 bits per heavy atom. The van der Waals surface area contributed by atoms with Crippen molar-refractivity contribution in [3.63, 3.8) is 0 Å². The van der Waals surface area contributed by atoms with Crippen molar-refractivity contribution in [2.75, 3.05) is 5.73 Å². The third-order valence-electron chi connectivity index (χ3n) is 3.51. The van der Waals surface area contributed by atoms with E-state index < -0.39 is 0 Å². The van der Waals surface area contributed by atoms with E-state index >= 15 is 0 Å². The summed E-state index contributed by atoms with van der Waals surface area (Å²) in [5.74, 6) is 1.46. The summed E-state index contributed by atoms with van der Waals surface area (Å²) in [5.41, 5.74) is 8.71. The molecular formula is C17H12BrN5. The van der Waals surface area contributed by atoms with Crippen molar-refractivity contribution in [3.05, 3.63) is 64.4 Å². The third-order valence-corrected chi connectivity index (χ3v) is 4.04. The summed E-state index contributed by atoms with van der Waals surface area (Å²) in [6.07, 6.45) is 3.91. The van der Waals surface area contributed by atoms with Crippen LogP contribution in [0.5, 0.6) is 0 Å². The second-order valence-corrected chi connectivity index (χ2v) is 5.98. The van der Waals surface area contributed by atoms with Crippen LogP contribution in [0.15, 0.2) is 53.0 Å². The van der Waals surface area contributed by atoms with Crippen molar-refractivity contribution in [1.29, 1.82) is 0 Å². The average Bonchev–Trinajstić information content (AvgIpc) is 2.92. The van der Waals surface area contributed by atoms with Gasteiger partial charge in [-0.05, 0) is 35.9 Å². The molecule has 0 spiro atoms. The Balaban J connectivity index is 1.89. The monoisotopic (exact) mass is 365 g/mol. The van der Waals surface area contributed by atoms with Crippen LogP contribution >= 0.6 is 15.9 Å². The van der Waals surface area contributed by atoms with E-state index in [1.807, 2.05) is 65.1 Å². The first kappa shape index (κ1) is 13.9. The molecular weight excluding hydrogens is 354 g/mol. The summed E-state index contributed by atoms with van der Waals surface area (Å²) in [4.78, 5) is 13.1. The number of hydrogen-bond acceptors (Lipinski definition) is 4. The van der Waals surface area contributed by atoms with Crippen LogP contribution in [0.1, 0.15) is 11.4 Å². The molecule has 0 aliphatic heterocycles. The number of nitrogen functional groups attached to an aromatic ring is 1. The van der Waals surface area contributed by atoms with E-state index in [2.05, 4.69) is 30.9 Å². The molecule has 2 N–H and O–H groups in total. The molecule has 0 atom stereocenters. The van der Waals surface area contributed by atoms with Crippen LogP contribution < -0.4 is 5.73 Å². The van der Waals surface area contributed by atoms with E-state index in [1.165, 1.54) is 0 Å². The van der Waals surface area contributed by atoms with Gasteiger partial charge in [-0.3, -0.25) is 4.40 Å². The summed E-state index contributed by atoms with van der Waals surface area (Å²) in [5, 5.41) is 0. The molecule has 0 amide bonds. The lowest BCUT2D eigenvalue weighted by molar-refractivity contribution is 1.02. The van der Waals surface area contributed by atoms with Crippen molar-refractivity contribution in [2.45, 2.75) is 0 Å². The number of hydrogen-bond donors (Lipinski definition) is 1. The Bertz CT molecular complexity index is 1030. The predicted molar refractivity (Wildman–Crippen MR) is 95.8 cm³/mol. The van der Waals surface area contributed by atoms with Crippen LogP contribution in [0.2, 0.25) is 0 Å². The lowest BCUT2D eigenvalue weighted by atomic mass is 10.2. The van der Waals surface area contributed by atoms with Gasteiger partial charge in [-0.1, -0.05) is 46.3 Å². The van der Waals surface area contributed by atoms with Crippen LogP contribution in [-0.4, -0.2) is 19.4 Å². The number of nitrogens with two attached hydrogens (primary N) is 1. The molecule has 0 saturated carbocycles. The maximum Gasteiger partial charge on any atom is 0.239 e. The molecule has 4 rings (SSSR count). The maximum atomic E-state index is 5.82. The first-order chi connectivity index (χ1) is 11.2. The first-order valence-electron chi connectivity index (χ1n) is 7.05. The minimum absolute atomic E-state index is 0.211. The average molecular weight is 366 g/mol. The summed E-state index contributed by atoms with van der Waals surface area (Å²) < 4.78 is 2.95. The number of imidazole rings is 1. The summed E-state index contributed by atoms with van der Waals surface area (Å²) >= 11 is 3.43. The molecule has 2 aromatic carbocycles. The predicted octanol–water partition coefficient (Wildman–Crippen LogP) is 3.79. The molecule has 0 unspecified atom stereocenters. The number of rotatable bonds is 2. The van der Waals surface area contributed by atoms with Crippen LogP contribution in [0, 0.1) is 0 Å². The van der Waals surface area contributed by atoms with Crippen LogP contribution in [0.4, 0.5) is 5.95 Å². The molecule has 0 saturated heterocycles. The van der Waals surface area contributed by atoms with Gasteiger partial charge in [0.25, 0.3) is 0 Å². The zero-order chi connectivity index (χ0) is 15.8. The van der Waals surface area contributed by atoms with Gasteiger partial charge in [0.2, 0.25) is 11.7 Å². The molecule has 2 heterocycles. The van der Waals surface area contributed by atoms with Gasteiger partial charge in [0.1, 0.15) is 5.82 Å². The number of fused-ring (bicyclic) bond motifs is 3. The fourth-order valence-corrected chi connectivity index (χ4v) is 2.73. The van der Waals surface area contributed by atoms with Crippen LogP contribution in [0.25, 0.3) is 29.0 Å². The zero-order valence-electron chi connectivity index (χ0n) is 12.0. The minimum atomic E-state index is 0.211. The number of anilines is 1. The lowest BCUT2D eigenvalue weighted by Gasteiger charge is -2.02. The lowest BCUT2D eigenvalue weighted by Crippen LogP contribution is -2.03. The van der Waals surface area contributed by atoms with Crippen LogP contribution in [-0.2, 0) is 0 Å². The highest BCUT2D eigenvalue weighted by molar-refractivity contribution is 9.10. The molecule has 0 aliphatic carbocycles. The summed E-state index contributed by atoms with van der Waals surface area (Å²) in [7, 11) is 0. The highest BCUT2D eigenvalue weighted by Crippen LogP contribution is 2.19. The molecule has 5 nitrogen and oxygen atoms in total. The fraction of sp³-hybridized carbons (Fsp3) is 0. The normalized spacial score (nSPS) is 11.7. The maximum absolute atomic E-state index is 5.82. The standard InChI is InChI=1S/C17H12BrN5/c18-12-8-5-11(6-9-12)7-10-15-21-16(19)22-17-20-13-3-1-2-4-14(13)23(15)17/h1-10H,(H2,19,20,22)/b10-7+. The molecule has 4 aromatic rings. The van der Waals surface area contributed by atoms with Crippen molar-refractivity contribution in [1.82, 2.24) is 19.4 Å². The van der Waals surface area contributed by atoms with Gasteiger partial charge in [-0.15, -0.1) is 0 Å². The van der Waals surface area contributed by atoms with Crippen molar-refractivity contribution >= 4 is 50.8 Å². The Morgan fingerprint density at radius 1 is 0.913 bits per heavy atom. The van der Waals surface area contributed by atoms with E-state index in [1.54, 1.807) is 0 Å². The van der Waals surface area contributed by atoms with Gasteiger partial charge in [-0.25, -0.2) is 4.98 Å². The van der Waals surface area contributed by atoms with Crippen molar-refractivity contribution in [3.8, 4) is 0 Å². The first-order valence-corrected chi connectivity index (χ1v) is 7.84. The molecule has 112 valence electrons. The Morgan fingerprint density at radius 3 is 2.52 bits per heavy atom. The van der Waals surface area contributed by atoms with Crippen molar-refractivity contribution in [2.24, 2.45) is 0 Å². The number of nitrogens with zero attached hydrogens (tertiary/aromatic N) is 4. The number of aromatic nitrogens is 4. The quantitative estimate of drug-likeness (QED) is 0.586. The number of benzene rings is 2. The second-order valence-electron chi connectivity index (χ2n) is 5.06. The van der Waals surface area contributed by atoms with E-state index in [0.29, 0.717) is 11.6 Å². The molecule has 0 aliphatic rings. The molecule has 0 radical (unpaired) electrons. The van der Waals surface area contributed by atoms with E-state index in [4.69, 9.17) is 5.73 Å².